The Kier molecular flexibility index (Phi) is 5.95. The Morgan fingerprint density at radius 3 is 2.32 bits per heavy atom. The number of benzene rings is 1. The highest BCUT2D eigenvalue weighted by Crippen LogP contribution is 2.34. The number of amides is 2. The molecule has 5 nitrogen and oxygen atoms in total. The summed E-state index contributed by atoms with van der Waals surface area (Å²) in [6.45, 7) is 2.51. The first-order valence-electron chi connectivity index (χ1n) is 7.89. The molecule has 9 heteroatoms. The van der Waals surface area contributed by atoms with Gasteiger partial charge in [-0.2, -0.15) is 13.2 Å². The third-order valence-corrected chi connectivity index (χ3v) is 4.28. The van der Waals surface area contributed by atoms with Crippen LogP contribution in [-0.4, -0.2) is 49.4 Å². The number of nitrogens with one attached hydrogen (secondary N) is 1. The molecule has 0 atom stereocenters. The second-order valence-electron chi connectivity index (χ2n) is 5.96. The molecule has 1 aromatic carbocycles. The third-order valence-electron chi connectivity index (χ3n) is 4.28. The molecule has 0 aliphatic carbocycles. The zero-order chi connectivity index (χ0) is 17.3. The van der Waals surface area contributed by atoms with Gasteiger partial charge in [0.1, 0.15) is 0 Å². The normalized spacial score (nSPS) is 18.3. The highest BCUT2D eigenvalue weighted by atomic mass is 35.5. The van der Waals surface area contributed by atoms with Gasteiger partial charge >= 0.3 is 6.18 Å². The second kappa shape index (κ2) is 7.61. The largest absolute Gasteiger partial charge is 0.416 e. The number of halogens is 4. The fourth-order valence-electron chi connectivity index (χ4n) is 3.03. The number of carbonyl (C=O) groups is 2. The molecule has 2 aliphatic rings. The van der Waals surface area contributed by atoms with Gasteiger partial charge < -0.3 is 15.1 Å². The fourth-order valence-corrected chi connectivity index (χ4v) is 3.03. The van der Waals surface area contributed by atoms with Gasteiger partial charge in [-0.25, -0.2) is 0 Å². The smallest absolute Gasteiger partial charge is 0.336 e. The number of hydrogen-bond donors (Lipinski definition) is 1. The standard InChI is InChI=1S/C16H18F3N3O2.ClH/c17-16(18,19)12-8-11(15(24)21-6-3-20-4-7-21)9-13(10-12)22-5-1-2-14(22)23;/h8-10,20H,1-7H2;1H. The SMILES string of the molecule is Cl.O=C(c1cc(N2CCCC2=O)cc(C(F)(F)F)c1)N1CCNCC1. The minimum Gasteiger partial charge on any atom is -0.336 e. The van der Waals surface area contributed by atoms with Gasteiger partial charge in [0, 0.05) is 50.4 Å². The molecule has 0 bridgehead atoms. The van der Waals surface area contributed by atoms with Crippen molar-refractivity contribution in [2.75, 3.05) is 37.6 Å². The van der Waals surface area contributed by atoms with Crippen molar-refractivity contribution in [3.8, 4) is 0 Å². The molecule has 25 heavy (non-hydrogen) atoms. The van der Waals surface area contributed by atoms with Crippen LogP contribution in [0.3, 0.4) is 0 Å². The molecule has 0 unspecified atom stereocenters. The van der Waals surface area contributed by atoms with Gasteiger partial charge in [0.2, 0.25) is 5.91 Å². The molecule has 0 spiro atoms. The van der Waals surface area contributed by atoms with Crippen molar-refractivity contribution in [2.45, 2.75) is 19.0 Å². The highest BCUT2D eigenvalue weighted by Gasteiger charge is 2.34. The molecule has 3 rings (SSSR count). The quantitative estimate of drug-likeness (QED) is 0.860. The summed E-state index contributed by atoms with van der Waals surface area (Å²) in [7, 11) is 0. The second-order valence-corrected chi connectivity index (χ2v) is 5.96. The summed E-state index contributed by atoms with van der Waals surface area (Å²) in [6.07, 6.45) is -3.65. The molecule has 138 valence electrons. The van der Waals surface area contributed by atoms with Crippen LogP contribution in [0.1, 0.15) is 28.8 Å². The summed E-state index contributed by atoms with van der Waals surface area (Å²) in [5.74, 6) is -0.648. The Bertz CT molecular complexity index is 661. The van der Waals surface area contributed by atoms with Crippen molar-refractivity contribution in [2.24, 2.45) is 0 Å². The Morgan fingerprint density at radius 1 is 1.08 bits per heavy atom. The highest BCUT2D eigenvalue weighted by molar-refractivity contribution is 5.99. The van der Waals surface area contributed by atoms with Crippen LogP contribution < -0.4 is 10.2 Å². The molecule has 2 aliphatic heterocycles. The molecule has 0 aromatic heterocycles. The summed E-state index contributed by atoms with van der Waals surface area (Å²) in [5.41, 5.74) is -0.787. The van der Waals surface area contributed by atoms with Gasteiger partial charge in [-0.15, -0.1) is 12.4 Å². The summed E-state index contributed by atoms with van der Waals surface area (Å²) in [4.78, 5) is 27.3. The van der Waals surface area contributed by atoms with E-state index in [4.69, 9.17) is 0 Å². The molecular formula is C16H19ClF3N3O2. The number of alkyl halides is 3. The van der Waals surface area contributed by atoms with Crippen LogP contribution in [0.25, 0.3) is 0 Å². The predicted molar refractivity (Wildman–Crippen MR) is 89.1 cm³/mol. The van der Waals surface area contributed by atoms with Crippen molar-refractivity contribution in [3.05, 3.63) is 29.3 Å². The van der Waals surface area contributed by atoms with E-state index in [2.05, 4.69) is 5.32 Å². The molecule has 2 amide bonds. The average molecular weight is 378 g/mol. The van der Waals surface area contributed by atoms with Crippen LogP contribution in [0.2, 0.25) is 0 Å². The van der Waals surface area contributed by atoms with Crippen LogP contribution in [-0.2, 0) is 11.0 Å². The minimum absolute atomic E-state index is 0. The third kappa shape index (κ3) is 4.24. The zero-order valence-electron chi connectivity index (χ0n) is 13.4. The fraction of sp³-hybridized carbons (Fsp3) is 0.500. The number of anilines is 1. The molecule has 2 saturated heterocycles. The summed E-state index contributed by atoms with van der Waals surface area (Å²) < 4.78 is 39.6. The molecular weight excluding hydrogens is 359 g/mol. The Hall–Kier alpha value is -1.80. The molecule has 2 heterocycles. The van der Waals surface area contributed by atoms with Crippen LogP contribution in [0.15, 0.2) is 18.2 Å². The molecule has 1 N–H and O–H groups in total. The maximum absolute atomic E-state index is 13.2. The van der Waals surface area contributed by atoms with Crippen molar-refractivity contribution in [1.82, 2.24) is 10.2 Å². The first-order valence-corrected chi connectivity index (χ1v) is 7.89. The van der Waals surface area contributed by atoms with Crippen LogP contribution in [0.5, 0.6) is 0 Å². The summed E-state index contributed by atoms with van der Waals surface area (Å²) in [6, 6.07) is 3.20. The maximum Gasteiger partial charge on any atom is 0.416 e. The van der Waals surface area contributed by atoms with E-state index in [1.807, 2.05) is 0 Å². The predicted octanol–water partition coefficient (Wildman–Crippen LogP) is 2.30. The van der Waals surface area contributed by atoms with Crippen LogP contribution in [0.4, 0.5) is 18.9 Å². The van der Waals surface area contributed by atoms with Gasteiger partial charge in [-0.05, 0) is 24.6 Å². The lowest BCUT2D eigenvalue weighted by atomic mass is 10.1. The van der Waals surface area contributed by atoms with E-state index < -0.39 is 17.6 Å². The zero-order valence-corrected chi connectivity index (χ0v) is 14.3. The van der Waals surface area contributed by atoms with Crippen molar-refractivity contribution < 1.29 is 22.8 Å². The Balaban J connectivity index is 0.00000225. The summed E-state index contributed by atoms with van der Waals surface area (Å²) >= 11 is 0. The first-order chi connectivity index (χ1) is 11.4. The summed E-state index contributed by atoms with van der Waals surface area (Å²) in [5, 5.41) is 3.09. The molecule has 0 radical (unpaired) electrons. The Labute approximate surface area is 149 Å². The van der Waals surface area contributed by atoms with Gasteiger partial charge in [-0.1, -0.05) is 0 Å². The van der Waals surface area contributed by atoms with Crippen LogP contribution in [0, 0.1) is 0 Å². The van der Waals surface area contributed by atoms with Crippen molar-refractivity contribution >= 4 is 29.9 Å². The van der Waals surface area contributed by atoms with E-state index in [0.717, 1.165) is 12.1 Å². The first kappa shape index (κ1) is 19.5. The monoisotopic (exact) mass is 377 g/mol. The minimum atomic E-state index is -4.57. The van der Waals surface area contributed by atoms with Gasteiger partial charge in [-0.3, -0.25) is 9.59 Å². The lowest BCUT2D eigenvalue weighted by Crippen LogP contribution is -2.46. The number of nitrogens with zero attached hydrogens (tertiary/aromatic N) is 2. The van der Waals surface area contributed by atoms with E-state index in [-0.39, 0.29) is 29.6 Å². The lowest BCUT2D eigenvalue weighted by Gasteiger charge is -2.28. The van der Waals surface area contributed by atoms with E-state index in [0.29, 0.717) is 45.6 Å². The topological polar surface area (TPSA) is 52.7 Å². The molecule has 2 fully saturated rings. The van der Waals surface area contributed by atoms with E-state index in [1.165, 1.54) is 15.9 Å². The molecule has 1 aromatic rings. The average Bonchev–Trinajstić information content (AvgIpc) is 3.00. The van der Waals surface area contributed by atoms with Crippen LogP contribution >= 0.6 is 12.4 Å². The number of rotatable bonds is 2. The number of hydrogen-bond acceptors (Lipinski definition) is 3. The van der Waals surface area contributed by atoms with E-state index in [9.17, 15) is 22.8 Å². The van der Waals surface area contributed by atoms with Gasteiger partial charge in [0.15, 0.2) is 0 Å². The lowest BCUT2D eigenvalue weighted by molar-refractivity contribution is -0.137. The molecule has 0 saturated carbocycles. The Morgan fingerprint density at radius 2 is 1.76 bits per heavy atom. The van der Waals surface area contributed by atoms with E-state index in [1.54, 1.807) is 0 Å². The van der Waals surface area contributed by atoms with E-state index >= 15 is 0 Å². The van der Waals surface area contributed by atoms with Crippen molar-refractivity contribution in [3.63, 3.8) is 0 Å². The van der Waals surface area contributed by atoms with Gasteiger partial charge in [0.05, 0.1) is 5.56 Å². The van der Waals surface area contributed by atoms with Gasteiger partial charge in [0.25, 0.3) is 5.91 Å². The number of carbonyl (C=O) groups excluding carboxylic acids is 2. The maximum atomic E-state index is 13.2. The van der Waals surface area contributed by atoms with Crippen molar-refractivity contribution in [1.29, 1.82) is 0 Å². The number of piperazine rings is 1.